The molecule has 3 rings (SSSR count). The van der Waals surface area contributed by atoms with Gasteiger partial charge in [0.15, 0.2) is 0 Å². The molecule has 0 aliphatic heterocycles. The van der Waals surface area contributed by atoms with E-state index in [2.05, 4.69) is 42.5 Å². The number of benzene rings is 2. The minimum Gasteiger partial charge on any atom is -0.493 e. The molecule has 0 spiro atoms. The minimum atomic E-state index is 0.177. The molecule has 2 N–H and O–H groups in total. The van der Waals surface area contributed by atoms with E-state index in [1.165, 1.54) is 23.1 Å². The lowest BCUT2D eigenvalue weighted by atomic mass is 9.88. The van der Waals surface area contributed by atoms with Crippen molar-refractivity contribution in [3.05, 3.63) is 65.2 Å². The fourth-order valence-corrected chi connectivity index (χ4v) is 2.83. The average Bonchev–Trinajstić information content (AvgIpc) is 2.49. The van der Waals surface area contributed by atoms with Crippen LogP contribution >= 0.6 is 0 Å². The standard InChI is InChI=1S/C18H21NO/c19-18-8-4-7-15-9-10-16(13-17(15)18)20-12-11-14-5-2-1-3-6-14/h1-3,5-6,9-10,13,18H,4,7-8,11-12,19H2. The Morgan fingerprint density at radius 1 is 1.10 bits per heavy atom. The molecule has 2 aromatic rings. The predicted molar refractivity (Wildman–Crippen MR) is 81.9 cm³/mol. The molecule has 0 bridgehead atoms. The van der Waals surface area contributed by atoms with Crippen molar-refractivity contribution >= 4 is 0 Å². The molecule has 2 heteroatoms. The highest BCUT2D eigenvalue weighted by Crippen LogP contribution is 2.30. The van der Waals surface area contributed by atoms with Crippen molar-refractivity contribution in [2.75, 3.05) is 6.61 Å². The predicted octanol–water partition coefficient (Wildman–Crippen LogP) is 3.64. The van der Waals surface area contributed by atoms with Crippen LogP contribution in [0, 0.1) is 0 Å². The molecule has 20 heavy (non-hydrogen) atoms. The smallest absolute Gasteiger partial charge is 0.119 e. The minimum absolute atomic E-state index is 0.177. The molecule has 0 amide bonds. The van der Waals surface area contributed by atoms with Crippen LogP contribution < -0.4 is 10.5 Å². The van der Waals surface area contributed by atoms with Crippen molar-refractivity contribution in [3.8, 4) is 5.75 Å². The highest BCUT2D eigenvalue weighted by Gasteiger charge is 2.17. The summed E-state index contributed by atoms with van der Waals surface area (Å²) in [6.45, 7) is 0.706. The summed E-state index contributed by atoms with van der Waals surface area (Å²) >= 11 is 0. The van der Waals surface area contributed by atoms with Gasteiger partial charge in [-0.2, -0.15) is 0 Å². The summed E-state index contributed by atoms with van der Waals surface area (Å²) in [7, 11) is 0. The van der Waals surface area contributed by atoms with E-state index in [0.29, 0.717) is 6.61 Å². The molecule has 1 unspecified atom stereocenters. The third-order valence-electron chi connectivity index (χ3n) is 3.98. The maximum Gasteiger partial charge on any atom is 0.119 e. The van der Waals surface area contributed by atoms with Crippen LogP contribution in [-0.2, 0) is 12.8 Å². The van der Waals surface area contributed by atoms with Gasteiger partial charge in [0.05, 0.1) is 6.61 Å². The van der Waals surface area contributed by atoms with E-state index in [4.69, 9.17) is 10.5 Å². The van der Waals surface area contributed by atoms with E-state index >= 15 is 0 Å². The molecule has 0 radical (unpaired) electrons. The van der Waals surface area contributed by atoms with Crippen molar-refractivity contribution < 1.29 is 4.74 Å². The molecule has 0 saturated carbocycles. The summed E-state index contributed by atoms with van der Waals surface area (Å²) in [6, 6.07) is 17.0. The molecular formula is C18H21NO. The molecule has 0 aromatic heterocycles. The highest BCUT2D eigenvalue weighted by molar-refractivity contribution is 5.39. The number of hydrogen-bond donors (Lipinski definition) is 1. The van der Waals surface area contributed by atoms with Crippen molar-refractivity contribution in [2.45, 2.75) is 31.7 Å². The lowest BCUT2D eigenvalue weighted by Crippen LogP contribution is -2.17. The second-order valence-corrected chi connectivity index (χ2v) is 5.44. The first-order valence-electron chi connectivity index (χ1n) is 7.38. The van der Waals surface area contributed by atoms with Gasteiger partial charge in [0.1, 0.15) is 5.75 Å². The number of nitrogens with two attached hydrogens (primary N) is 1. The second kappa shape index (κ2) is 6.10. The van der Waals surface area contributed by atoms with Crippen LogP contribution in [0.1, 0.15) is 35.6 Å². The van der Waals surface area contributed by atoms with E-state index < -0.39 is 0 Å². The fourth-order valence-electron chi connectivity index (χ4n) is 2.83. The lowest BCUT2D eigenvalue weighted by molar-refractivity contribution is 0.321. The van der Waals surface area contributed by atoms with Crippen LogP contribution in [0.15, 0.2) is 48.5 Å². The van der Waals surface area contributed by atoms with Gasteiger partial charge >= 0.3 is 0 Å². The van der Waals surface area contributed by atoms with Crippen molar-refractivity contribution in [2.24, 2.45) is 5.73 Å². The Hall–Kier alpha value is -1.80. The van der Waals surface area contributed by atoms with Crippen LogP contribution in [0.5, 0.6) is 5.75 Å². The van der Waals surface area contributed by atoms with E-state index in [1.54, 1.807) is 0 Å². The second-order valence-electron chi connectivity index (χ2n) is 5.44. The summed E-state index contributed by atoms with van der Waals surface area (Å²) in [6.07, 6.45) is 4.36. The van der Waals surface area contributed by atoms with Gasteiger partial charge in [-0.25, -0.2) is 0 Å². The molecule has 1 aliphatic rings. The SMILES string of the molecule is NC1CCCc2ccc(OCCc3ccccc3)cc21. The third kappa shape index (κ3) is 3.02. The van der Waals surface area contributed by atoms with Crippen LogP contribution in [-0.4, -0.2) is 6.61 Å². The molecule has 0 fully saturated rings. The topological polar surface area (TPSA) is 35.2 Å². The molecule has 2 nitrogen and oxygen atoms in total. The fraction of sp³-hybridized carbons (Fsp3) is 0.333. The van der Waals surface area contributed by atoms with Gasteiger partial charge in [-0.3, -0.25) is 0 Å². The van der Waals surface area contributed by atoms with Gasteiger partial charge in [0.25, 0.3) is 0 Å². The Morgan fingerprint density at radius 3 is 2.80 bits per heavy atom. The maximum atomic E-state index is 6.18. The van der Waals surface area contributed by atoms with Gasteiger partial charge in [0, 0.05) is 12.5 Å². The van der Waals surface area contributed by atoms with Gasteiger partial charge in [-0.15, -0.1) is 0 Å². The Bertz CT molecular complexity index is 565. The first-order chi connectivity index (χ1) is 9.83. The molecule has 0 saturated heterocycles. The molecular weight excluding hydrogens is 246 g/mol. The van der Waals surface area contributed by atoms with Crippen molar-refractivity contribution in [1.82, 2.24) is 0 Å². The number of fused-ring (bicyclic) bond motifs is 1. The van der Waals surface area contributed by atoms with Gasteiger partial charge in [-0.05, 0) is 48.1 Å². The zero-order chi connectivity index (χ0) is 13.8. The molecule has 0 heterocycles. The average molecular weight is 267 g/mol. The Balaban J connectivity index is 1.62. The zero-order valence-electron chi connectivity index (χ0n) is 11.7. The van der Waals surface area contributed by atoms with Gasteiger partial charge < -0.3 is 10.5 Å². The molecule has 104 valence electrons. The monoisotopic (exact) mass is 267 g/mol. The van der Waals surface area contributed by atoms with Crippen LogP contribution in [0.25, 0.3) is 0 Å². The zero-order valence-corrected chi connectivity index (χ0v) is 11.7. The molecule has 1 aliphatic carbocycles. The summed E-state index contributed by atoms with van der Waals surface area (Å²) in [5.74, 6) is 0.942. The quantitative estimate of drug-likeness (QED) is 0.917. The summed E-state index contributed by atoms with van der Waals surface area (Å²) < 4.78 is 5.87. The largest absolute Gasteiger partial charge is 0.493 e. The van der Waals surface area contributed by atoms with Crippen molar-refractivity contribution in [3.63, 3.8) is 0 Å². The molecule has 1 atom stereocenters. The third-order valence-corrected chi connectivity index (χ3v) is 3.98. The van der Waals surface area contributed by atoms with E-state index in [-0.39, 0.29) is 6.04 Å². The first-order valence-corrected chi connectivity index (χ1v) is 7.38. The van der Waals surface area contributed by atoms with Crippen molar-refractivity contribution in [1.29, 1.82) is 0 Å². The number of aryl methyl sites for hydroxylation is 1. The van der Waals surface area contributed by atoms with E-state index in [1.807, 2.05) is 6.07 Å². The van der Waals surface area contributed by atoms with Gasteiger partial charge in [-0.1, -0.05) is 36.4 Å². The Morgan fingerprint density at radius 2 is 1.95 bits per heavy atom. The number of rotatable bonds is 4. The van der Waals surface area contributed by atoms with E-state index in [9.17, 15) is 0 Å². The van der Waals surface area contributed by atoms with Gasteiger partial charge in [0.2, 0.25) is 0 Å². The highest BCUT2D eigenvalue weighted by atomic mass is 16.5. The number of ether oxygens (including phenoxy) is 1. The van der Waals surface area contributed by atoms with E-state index in [0.717, 1.165) is 25.0 Å². The maximum absolute atomic E-state index is 6.18. The Kier molecular flexibility index (Phi) is 4.03. The Labute approximate surface area is 120 Å². The van der Waals surface area contributed by atoms with Crippen LogP contribution in [0.4, 0.5) is 0 Å². The first kappa shape index (κ1) is 13.2. The summed E-state index contributed by atoms with van der Waals surface area (Å²) in [4.78, 5) is 0. The van der Waals surface area contributed by atoms with Crippen LogP contribution in [0.2, 0.25) is 0 Å². The number of hydrogen-bond acceptors (Lipinski definition) is 2. The summed E-state index contributed by atoms with van der Waals surface area (Å²) in [5, 5.41) is 0. The summed E-state index contributed by atoms with van der Waals surface area (Å²) in [5.41, 5.74) is 10.1. The van der Waals surface area contributed by atoms with Crippen LogP contribution in [0.3, 0.4) is 0 Å². The lowest BCUT2D eigenvalue weighted by Gasteiger charge is -2.22. The normalized spacial score (nSPS) is 17.6. The molecule has 2 aromatic carbocycles.